The van der Waals surface area contributed by atoms with Gasteiger partial charge in [0.2, 0.25) is 11.0 Å². The number of dihydropyridines is 1. The zero-order valence-electron chi connectivity index (χ0n) is 13.6. The second-order valence-corrected chi connectivity index (χ2v) is 6.02. The molecule has 2 heterocycles. The van der Waals surface area contributed by atoms with Crippen molar-refractivity contribution in [3.8, 4) is 0 Å². The van der Waals surface area contributed by atoms with Gasteiger partial charge in [-0.2, -0.15) is 0 Å². The summed E-state index contributed by atoms with van der Waals surface area (Å²) in [7, 11) is 0. The average molecular weight is 340 g/mol. The highest BCUT2D eigenvalue weighted by Crippen LogP contribution is 2.19. The summed E-state index contributed by atoms with van der Waals surface area (Å²) in [5.41, 5.74) is 1.19. The Labute approximate surface area is 147 Å². The quantitative estimate of drug-likeness (QED) is 0.748. The Hall–Kier alpha value is -2.34. The van der Waals surface area contributed by atoms with Crippen molar-refractivity contribution >= 4 is 41.0 Å². The third-order valence-corrected chi connectivity index (χ3v) is 4.47. The molecular weight excluding hydrogens is 320 g/mol. The van der Waals surface area contributed by atoms with Gasteiger partial charge in [0.05, 0.1) is 0 Å². The first-order chi connectivity index (χ1) is 11.7. The van der Waals surface area contributed by atoms with Crippen molar-refractivity contribution in [3.63, 3.8) is 0 Å². The highest BCUT2D eigenvalue weighted by atomic mass is 32.1. The molecule has 1 aromatic carbocycles. The van der Waals surface area contributed by atoms with E-state index < -0.39 is 5.92 Å². The van der Waals surface area contributed by atoms with Crippen LogP contribution in [0.5, 0.6) is 0 Å². The highest BCUT2D eigenvalue weighted by molar-refractivity contribution is 7.80. The minimum Gasteiger partial charge on any atom is -0.372 e. The zero-order valence-corrected chi connectivity index (χ0v) is 14.4. The van der Waals surface area contributed by atoms with Gasteiger partial charge < -0.3 is 4.90 Å². The van der Waals surface area contributed by atoms with Gasteiger partial charge in [-0.05, 0) is 43.8 Å². The van der Waals surface area contributed by atoms with E-state index in [2.05, 4.69) is 33.9 Å². The summed E-state index contributed by atoms with van der Waals surface area (Å²) in [5, 5.41) is 0.321. The number of amides is 1. The van der Waals surface area contributed by atoms with E-state index in [1.54, 1.807) is 17.2 Å². The lowest BCUT2D eigenvalue weighted by Gasteiger charge is -2.30. The van der Waals surface area contributed by atoms with Crippen LogP contribution in [-0.4, -0.2) is 47.6 Å². The second kappa shape index (κ2) is 7.49. The molecule has 1 amide bonds. The number of benzene rings is 1. The molecule has 0 saturated heterocycles. The molecule has 0 radical (unpaired) electrons. The van der Waals surface area contributed by atoms with Gasteiger partial charge in [-0.3, -0.25) is 9.69 Å². The van der Waals surface area contributed by atoms with Crippen molar-refractivity contribution in [1.29, 1.82) is 0 Å². The molecule has 5 nitrogen and oxygen atoms in total. The Balaban J connectivity index is 1.61. The van der Waals surface area contributed by atoms with Gasteiger partial charge in [-0.15, -0.1) is 0 Å². The van der Waals surface area contributed by atoms with E-state index in [0.717, 1.165) is 19.5 Å². The normalized spacial score (nSPS) is 19.3. The number of hydrogen-bond donors (Lipinski definition) is 0. The average Bonchev–Trinajstić information content (AvgIpc) is 2.62. The number of aliphatic imine (C=N–C) groups is 2. The van der Waals surface area contributed by atoms with Crippen LogP contribution >= 0.6 is 12.2 Å². The number of carbonyl (C=O) groups is 1. The van der Waals surface area contributed by atoms with Gasteiger partial charge in [-0.25, -0.2) is 9.98 Å². The fourth-order valence-corrected chi connectivity index (χ4v) is 3.17. The Bertz CT molecular complexity index is 711. The van der Waals surface area contributed by atoms with E-state index in [1.807, 2.05) is 24.3 Å². The maximum absolute atomic E-state index is 12.6. The fourth-order valence-electron chi connectivity index (χ4n) is 2.89. The molecule has 0 aromatic heterocycles. The molecule has 24 heavy (non-hydrogen) atoms. The molecule has 1 unspecified atom stereocenters. The molecule has 3 rings (SSSR count). The third-order valence-electron chi connectivity index (χ3n) is 4.16. The lowest BCUT2D eigenvalue weighted by atomic mass is 10.0. The maximum atomic E-state index is 12.6. The van der Waals surface area contributed by atoms with Crippen LogP contribution in [0.1, 0.15) is 13.3 Å². The lowest BCUT2D eigenvalue weighted by molar-refractivity contribution is -0.128. The number of hydrogen-bond acceptors (Lipinski definition) is 4. The largest absolute Gasteiger partial charge is 0.372 e. The van der Waals surface area contributed by atoms with Gasteiger partial charge in [0.15, 0.2) is 0 Å². The van der Waals surface area contributed by atoms with E-state index in [-0.39, 0.29) is 5.91 Å². The molecule has 0 aliphatic carbocycles. The SMILES string of the molecule is CCN(CCCN1C(=O)C2C=CC=NC2=NC1=S)c1ccccc1. The van der Waals surface area contributed by atoms with Gasteiger partial charge >= 0.3 is 0 Å². The second-order valence-electron chi connectivity index (χ2n) is 5.65. The molecule has 2 aliphatic heterocycles. The number of carbonyl (C=O) groups excluding carboxylic acids is 1. The molecule has 0 N–H and O–H groups in total. The topological polar surface area (TPSA) is 48.3 Å². The van der Waals surface area contributed by atoms with Crippen molar-refractivity contribution in [2.75, 3.05) is 24.5 Å². The molecule has 0 spiro atoms. The summed E-state index contributed by atoms with van der Waals surface area (Å²) < 4.78 is 0. The van der Waals surface area contributed by atoms with Crippen LogP contribution in [0.25, 0.3) is 0 Å². The Morgan fingerprint density at radius 3 is 2.83 bits per heavy atom. The molecule has 0 fully saturated rings. The molecule has 2 aliphatic rings. The van der Waals surface area contributed by atoms with Crippen LogP contribution in [-0.2, 0) is 4.79 Å². The van der Waals surface area contributed by atoms with E-state index in [4.69, 9.17) is 12.2 Å². The standard InChI is InChI=1S/C18H20N4OS/c1-2-21(14-8-4-3-5-9-14)12-7-13-22-17(23)15-10-6-11-19-16(15)20-18(22)24/h3-6,8-11,15H,2,7,12-13H2,1H3. The van der Waals surface area contributed by atoms with Crippen molar-refractivity contribution in [1.82, 2.24) is 4.90 Å². The van der Waals surface area contributed by atoms with Gasteiger partial charge in [-0.1, -0.05) is 24.3 Å². The van der Waals surface area contributed by atoms with Gasteiger partial charge in [0.1, 0.15) is 11.8 Å². The first-order valence-electron chi connectivity index (χ1n) is 8.15. The zero-order chi connectivity index (χ0) is 16.9. The number of para-hydroxylation sites is 1. The van der Waals surface area contributed by atoms with E-state index in [1.165, 1.54) is 5.69 Å². The smallest absolute Gasteiger partial charge is 0.243 e. The van der Waals surface area contributed by atoms with E-state index in [0.29, 0.717) is 17.5 Å². The maximum Gasteiger partial charge on any atom is 0.243 e. The van der Waals surface area contributed by atoms with Crippen LogP contribution in [0, 0.1) is 5.92 Å². The summed E-state index contributed by atoms with van der Waals surface area (Å²) in [5.74, 6) is 0.0854. The molecule has 0 bridgehead atoms. The molecular formula is C18H20N4OS. The molecule has 0 saturated carbocycles. The predicted molar refractivity (Wildman–Crippen MR) is 102 cm³/mol. The minimum atomic E-state index is -0.391. The molecule has 6 heteroatoms. The first kappa shape index (κ1) is 16.5. The predicted octanol–water partition coefficient (Wildman–Crippen LogP) is 2.69. The Morgan fingerprint density at radius 2 is 2.08 bits per heavy atom. The Kier molecular flexibility index (Phi) is 5.15. The monoisotopic (exact) mass is 340 g/mol. The van der Waals surface area contributed by atoms with E-state index >= 15 is 0 Å². The Morgan fingerprint density at radius 1 is 1.29 bits per heavy atom. The van der Waals surface area contributed by atoms with Crippen LogP contribution < -0.4 is 4.90 Å². The van der Waals surface area contributed by atoms with Crippen molar-refractivity contribution in [3.05, 3.63) is 42.5 Å². The minimum absolute atomic E-state index is 0.0270. The highest BCUT2D eigenvalue weighted by Gasteiger charge is 2.34. The lowest BCUT2D eigenvalue weighted by Crippen LogP contribution is -2.46. The number of fused-ring (bicyclic) bond motifs is 1. The number of nitrogens with zero attached hydrogens (tertiary/aromatic N) is 4. The van der Waals surface area contributed by atoms with Crippen LogP contribution in [0.2, 0.25) is 0 Å². The summed E-state index contributed by atoms with van der Waals surface area (Å²) >= 11 is 5.28. The molecule has 1 atom stereocenters. The summed E-state index contributed by atoms with van der Waals surface area (Å²) in [6.07, 6.45) is 6.08. The van der Waals surface area contributed by atoms with Crippen molar-refractivity contribution in [2.24, 2.45) is 15.9 Å². The third kappa shape index (κ3) is 3.43. The summed E-state index contributed by atoms with van der Waals surface area (Å²) in [6, 6.07) is 10.3. The summed E-state index contributed by atoms with van der Waals surface area (Å²) in [4.78, 5) is 24.9. The number of amidine groups is 1. The fraction of sp³-hybridized carbons (Fsp3) is 0.333. The first-order valence-corrected chi connectivity index (χ1v) is 8.56. The van der Waals surface area contributed by atoms with Crippen molar-refractivity contribution in [2.45, 2.75) is 13.3 Å². The van der Waals surface area contributed by atoms with Gasteiger partial charge in [0.25, 0.3) is 0 Å². The van der Waals surface area contributed by atoms with Gasteiger partial charge in [0, 0.05) is 31.5 Å². The van der Waals surface area contributed by atoms with Crippen LogP contribution in [0.4, 0.5) is 5.69 Å². The van der Waals surface area contributed by atoms with Crippen LogP contribution in [0.15, 0.2) is 52.5 Å². The van der Waals surface area contributed by atoms with Crippen molar-refractivity contribution < 1.29 is 4.79 Å². The number of allylic oxidation sites excluding steroid dienone is 1. The van der Waals surface area contributed by atoms with E-state index in [9.17, 15) is 4.79 Å². The number of thiocarbonyl (C=S) groups is 1. The number of anilines is 1. The molecule has 1 aromatic rings. The number of rotatable bonds is 6. The molecule has 124 valence electrons. The summed E-state index contributed by atoms with van der Waals surface area (Å²) in [6.45, 7) is 4.49. The van der Waals surface area contributed by atoms with Crippen LogP contribution in [0.3, 0.4) is 0 Å².